The first kappa shape index (κ1) is 32.1. The lowest BCUT2D eigenvalue weighted by molar-refractivity contribution is -0.119. The quantitative estimate of drug-likeness (QED) is 0.146. The summed E-state index contributed by atoms with van der Waals surface area (Å²) < 4.78 is 14.6. The molecule has 4 amide bonds. The molecule has 0 radical (unpaired) electrons. The number of nitrogens with zero attached hydrogens (tertiary/aromatic N) is 2. The van der Waals surface area contributed by atoms with Crippen LogP contribution in [0.5, 0.6) is 0 Å². The van der Waals surface area contributed by atoms with Crippen molar-refractivity contribution in [1.29, 1.82) is 0 Å². The summed E-state index contributed by atoms with van der Waals surface area (Å²) in [5.41, 5.74) is 0.974. The van der Waals surface area contributed by atoms with E-state index in [4.69, 9.17) is 11.6 Å². The van der Waals surface area contributed by atoms with E-state index in [1.807, 2.05) is 6.07 Å². The number of anilines is 2. The Morgan fingerprint density at radius 3 is 2.35 bits per heavy atom. The van der Waals surface area contributed by atoms with Crippen molar-refractivity contribution < 1.29 is 23.6 Å². The van der Waals surface area contributed by atoms with Gasteiger partial charge in [0.25, 0.3) is 17.7 Å². The van der Waals surface area contributed by atoms with E-state index in [9.17, 15) is 23.6 Å². The fourth-order valence-corrected chi connectivity index (χ4v) is 5.50. The molecule has 4 aromatic rings. The van der Waals surface area contributed by atoms with E-state index in [1.165, 1.54) is 41.0 Å². The summed E-state index contributed by atoms with van der Waals surface area (Å²) in [6.07, 6.45) is 1.14. The molecule has 1 atom stereocenters. The molecule has 46 heavy (non-hydrogen) atoms. The highest BCUT2D eigenvalue weighted by atomic mass is 35.5. The monoisotopic (exact) mass is 655 g/mol. The molecule has 0 aliphatic carbocycles. The van der Waals surface area contributed by atoms with Gasteiger partial charge in [0.05, 0.1) is 22.4 Å². The molecule has 0 bridgehead atoms. The largest absolute Gasteiger partial charge is 0.321 e. The first-order chi connectivity index (χ1) is 22.2. The topological polar surface area (TPSA) is 120 Å². The van der Waals surface area contributed by atoms with Crippen molar-refractivity contribution in [2.24, 2.45) is 5.10 Å². The summed E-state index contributed by atoms with van der Waals surface area (Å²) in [7, 11) is 0. The minimum atomic E-state index is -0.719. The van der Waals surface area contributed by atoms with Crippen molar-refractivity contribution >= 4 is 70.3 Å². The van der Waals surface area contributed by atoms with Crippen molar-refractivity contribution in [3.63, 3.8) is 0 Å². The van der Waals surface area contributed by atoms with Gasteiger partial charge < -0.3 is 16.0 Å². The smallest absolute Gasteiger partial charge is 0.272 e. The number of hydrazone groups is 1. The van der Waals surface area contributed by atoms with Gasteiger partial charge in [0.1, 0.15) is 17.3 Å². The second-order valence-corrected chi connectivity index (χ2v) is 11.8. The van der Waals surface area contributed by atoms with Crippen LogP contribution >= 0.6 is 23.4 Å². The van der Waals surface area contributed by atoms with Crippen LogP contribution in [0, 0.1) is 5.82 Å². The van der Waals surface area contributed by atoms with Crippen molar-refractivity contribution in [3.05, 3.63) is 131 Å². The van der Waals surface area contributed by atoms with E-state index in [2.05, 4.69) is 21.1 Å². The zero-order valence-corrected chi connectivity index (χ0v) is 25.9. The van der Waals surface area contributed by atoms with Crippen LogP contribution in [0.4, 0.5) is 15.8 Å². The van der Waals surface area contributed by atoms with Crippen LogP contribution in [0.2, 0.25) is 5.02 Å². The molecule has 3 N–H and O–H groups in total. The summed E-state index contributed by atoms with van der Waals surface area (Å²) >= 11 is 7.42. The van der Waals surface area contributed by atoms with Crippen LogP contribution < -0.4 is 21.0 Å². The number of amidine groups is 1. The average Bonchev–Trinajstić information content (AvgIpc) is 3.42. The molecule has 0 aromatic heterocycles. The van der Waals surface area contributed by atoms with E-state index < -0.39 is 22.9 Å². The Balaban J connectivity index is 1.27. The van der Waals surface area contributed by atoms with E-state index in [1.54, 1.807) is 85.8 Å². The van der Waals surface area contributed by atoms with Gasteiger partial charge in [-0.15, -0.1) is 11.8 Å². The number of benzene rings is 4. The number of carbonyl (C=O) groups is 4. The maximum atomic E-state index is 14.6. The van der Waals surface area contributed by atoms with Gasteiger partial charge in [-0.05, 0) is 67.6 Å². The molecule has 1 heterocycles. The fraction of sp³-hybridized carbons (Fsp3) is 0.0882. The van der Waals surface area contributed by atoms with Gasteiger partial charge >= 0.3 is 0 Å². The molecule has 1 unspecified atom stereocenters. The van der Waals surface area contributed by atoms with Crippen LogP contribution in [0.3, 0.4) is 0 Å². The number of para-hydroxylation sites is 1. The molecule has 1 aliphatic heterocycles. The Kier molecular flexibility index (Phi) is 10.3. The molecule has 4 aromatic carbocycles. The Bertz CT molecular complexity index is 1830. The number of halogens is 2. The van der Waals surface area contributed by atoms with Gasteiger partial charge in [-0.25, -0.2) is 4.39 Å². The maximum absolute atomic E-state index is 14.6. The average molecular weight is 656 g/mol. The minimum absolute atomic E-state index is 0.0334. The molecule has 9 nitrogen and oxygen atoms in total. The third-order valence-electron chi connectivity index (χ3n) is 6.64. The van der Waals surface area contributed by atoms with Crippen LogP contribution in [-0.4, -0.2) is 34.7 Å². The van der Waals surface area contributed by atoms with Gasteiger partial charge in [0.2, 0.25) is 5.91 Å². The molecule has 0 fully saturated rings. The molecule has 12 heteroatoms. The van der Waals surface area contributed by atoms with Gasteiger partial charge in [0, 0.05) is 21.7 Å². The highest BCUT2D eigenvalue weighted by Gasteiger charge is 2.27. The minimum Gasteiger partial charge on any atom is -0.321 e. The zero-order chi connectivity index (χ0) is 32.6. The van der Waals surface area contributed by atoms with Gasteiger partial charge in [0.15, 0.2) is 0 Å². The second kappa shape index (κ2) is 14.7. The molecular formula is C34H27ClFN5O4S. The predicted octanol–water partition coefficient (Wildman–Crippen LogP) is 6.24. The van der Waals surface area contributed by atoms with Crippen LogP contribution in [0.1, 0.15) is 29.3 Å². The van der Waals surface area contributed by atoms with Gasteiger partial charge in [-0.2, -0.15) is 10.1 Å². The molecule has 232 valence electrons. The van der Waals surface area contributed by atoms with Crippen molar-refractivity contribution in [2.75, 3.05) is 10.3 Å². The number of hydrogen-bond donors (Lipinski definition) is 3. The number of amides is 4. The second-order valence-electron chi connectivity index (χ2n) is 10.0. The van der Waals surface area contributed by atoms with E-state index >= 15 is 0 Å². The Hall–Kier alpha value is -5.26. The zero-order valence-electron chi connectivity index (χ0n) is 24.4. The molecular weight excluding hydrogens is 629 g/mol. The van der Waals surface area contributed by atoms with Crippen molar-refractivity contribution in [2.45, 2.75) is 23.5 Å². The maximum Gasteiger partial charge on any atom is 0.272 e. The highest BCUT2D eigenvalue weighted by Crippen LogP contribution is 2.27. The SMILES string of the molecule is CC(Sc1cccc(NC(=O)/C(=C\c2c(F)cccc2Cl)NC(=O)c2ccccc2)c1)C(=O)NC1=NN(c2ccccc2)C(=O)C1. The Morgan fingerprint density at radius 2 is 1.63 bits per heavy atom. The standard InChI is InChI=1S/C34H27ClFN5O4S/c1-21(32(43)39-30-20-31(42)41(40-30)24-13-6-3-7-14-24)46-25-15-8-12-23(18-25)37-34(45)29(19-26-27(35)16-9-17-28(26)36)38-33(44)22-10-4-2-5-11-22/h2-19,21H,20H2,1H3,(H,37,45)(H,38,44)(H,39,40,43)/b29-19+. The molecule has 0 saturated carbocycles. The number of rotatable bonds is 9. The number of hydrogen-bond acceptors (Lipinski definition) is 6. The van der Waals surface area contributed by atoms with E-state index in [0.717, 1.165) is 0 Å². The van der Waals surface area contributed by atoms with Crippen LogP contribution in [0.25, 0.3) is 6.08 Å². The third-order valence-corrected chi connectivity index (χ3v) is 8.06. The summed E-state index contributed by atoms with van der Waals surface area (Å²) in [6, 6.07) is 28.0. The van der Waals surface area contributed by atoms with Crippen LogP contribution in [-0.2, 0) is 14.4 Å². The van der Waals surface area contributed by atoms with Crippen molar-refractivity contribution in [3.8, 4) is 0 Å². The fourth-order valence-electron chi connectivity index (χ4n) is 4.35. The first-order valence-corrected chi connectivity index (χ1v) is 15.3. The molecule has 5 rings (SSSR count). The summed E-state index contributed by atoms with van der Waals surface area (Å²) in [5, 5.41) is 13.0. The van der Waals surface area contributed by atoms with E-state index in [0.29, 0.717) is 21.8 Å². The lowest BCUT2D eigenvalue weighted by Gasteiger charge is -2.14. The van der Waals surface area contributed by atoms with Gasteiger partial charge in [-0.3, -0.25) is 19.2 Å². The summed E-state index contributed by atoms with van der Waals surface area (Å²) in [5.74, 6) is -2.31. The first-order valence-electron chi connectivity index (χ1n) is 14.0. The molecule has 0 spiro atoms. The molecule has 0 saturated heterocycles. The normalized spacial score (nSPS) is 13.5. The number of thioether (sulfide) groups is 1. The lowest BCUT2D eigenvalue weighted by Crippen LogP contribution is -2.35. The third kappa shape index (κ3) is 8.06. The summed E-state index contributed by atoms with van der Waals surface area (Å²) in [4.78, 5) is 52.4. The van der Waals surface area contributed by atoms with Gasteiger partial charge in [-0.1, -0.05) is 60.1 Å². The number of nitrogens with one attached hydrogen (secondary N) is 3. The van der Waals surface area contributed by atoms with Crippen molar-refractivity contribution in [1.82, 2.24) is 10.6 Å². The summed E-state index contributed by atoms with van der Waals surface area (Å²) in [6.45, 7) is 1.70. The van der Waals surface area contributed by atoms with Crippen LogP contribution in [0.15, 0.2) is 119 Å². The lowest BCUT2D eigenvalue weighted by atomic mass is 10.1. The highest BCUT2D eigenvalue weighted by molar-refractivity contribution is 8.00. The van der Waals surface area contributed by atoms with E-state index in [-0.39, 0.29) is 40.4 Å². The number of carbonyl (C=O) groups excluding carboxylic acids is 4. The predicted molar refractivity (Wildman–Crippen MR) is 178 cm³/mol. The Morgan fingerprint density at radius 1 is 0.935 bits per heavy atom. The Labute approximate surface area is 273 Å². The molecule has 1 aliphatic rings.